The van der Waals surface area contributed by atoms with Crippen molar-refractivity contribution in [3.63, 3.8) is 0 Å². The highest BCUT2D eigenvalue weighted by Gasteiger charge is 2.18. The number of ether oxygens (including phenoxy) is 1. The molecule has 0 saturated carbocycles. The molecule has 0 spiro atoms. The molecule has 0 aliphatic rings. The monoisotopic (exact) mass is 466 g/mol. The van der Waals surface area contributed by atoms with Gasteiger partial charge < -0.3 is 9.63 Å². The topological polar surface area (TPSA) is 73.6 Å². The predicted molar refractivity (Wildman–Crippen MR) is 110 cm³/mol. The second kappa shape index (κ2) is 8.21. The molecule has 1 N–H and O–H groups in total. The van der Waals surface area contributed by atoms with Crippen LogP contribution in [0.2, 0.25) is 15.1 Å². The average Bonchev–Trinajstić information content (AvgIpc) is 2.93. The summed E-state index contributed by atoms with van der Waals surface area (Å²) in [6.45, 7) is 0.992. The maximum atomic E-state index is 11.5. The zero-order valence-electron chi connectivity index (χ0n) is 14.1. The van der Waals surface area contributed by atoms with Gasteiger partial charge in [0.15, 0.2) is 5.16 Å². The Morgan fingerprint density at radius 1 is 1.22 bits per heavy atom. The first-order chi connectivity index (χ1) is 12.7. The number of halogens is 3. The number of nitrogens with zero attached hydrogens (tertiary/aromatic N) is 2. The molecule has 1 heterocycles. The van der Waals surface area contributed by atoms with Crippen molar-refractivity contribution >= 4 is 65.2 Å². The van der Waals surface area contributed by atoms with E-state index >= 15 is 0 Å². The van der Waals surface area contributed by atoms with Crippen LogP contribution in [0.25, 0.3) is 11.0 Å². The van der Waals surface area contributed by atoms with Crippen LogP contribution in [-0.2, 0) is 15.8 Å². The fourth-order valence-corrected chi connectivity index (χ4v) is 3.73. The van der Waals surface area contributed by atoms with Gasteiger partial charge in [0.25, 0.3) is 0 Å². The summed E-state index contributed by atoms with van der Waals surface area (Å²) >= 11 is 19.9. The standard InChI is InChI=1S/C16H14Cl3N2O4PS/c1-26(22,23)24-8-21-12-6-10(18)14(7-11(12)20-16(21)27-2)25-13-5-3-4-9(17)15(13)19/h3-7H,8H2,1-2H3,(H,22,23). The molecule has 1 aromatic heterocycles. The first-order valence-corrected chi connectivity index (χ1v) is 11.9. The SMILES string of the molecule is CSc1nc2cc(Oc3cccc(Cl)c3Cl)c(Cl)cc2n1COP(C)(=O)O. The summed E-state index contributed by atoms with van der Waals surface area (Å²) in [5.41, 5.74) is 1.23. The fraction of sp³-hybridized carbons (Fsp3) is 0.188. The molecule has 2 aromatic carbocycles. The smallest absolute Gasteiger partial charge is 0.326 e. The van der Waals surface area contributed by atoms with E-state index in [4.69, 9.17) is 44.1 Å². The molecule has 0 aliphatic carbocycles. The lowest BCUT2D eigenvalue weighted by Crippen LogP contribution is -2.02. The third kappa shape index (κ3) is 4.74. The van der Waals surface area contributed by atoms with Crippen molar-refractivity contribution < 1.29 is 18.7 Å². The number of imidazole rings is 1. The number of fused-ring (bicyclic) bond motifs is 1. The Kier molecular flexibility index (Phi) is 6.33. The first kappa shape index (κ1) is 20.8. The predicted octanol–water partition coefficient (Wildman–Crippen LogP) is 6.30. The Hall–Kier alpha value is -0.920. The van der Waals surface area contributed by atoms with Crippen molar-refractivity contribution in [1.29, 1.82) is 0 Å². The van der Waals surface area contributed by atoms with Crippen LogP contribution in [-0.4, -0.2) is 27.4 Å². The summed E-state index contributed by atoms with van der Waals surface area (Å²) in [4.78, 5) is 13.9. The van der Waals surface area contributed by atoms with E-state index in [1.165, 1.54) is 11.8 Å². The van der Waals surface area contributed by atoms with E-state index in [2.05, 4.69) is 4.98 Å². The Morgan fingerprint density at radius 2 is 1.96 bits per heavy atom. The molecule has 0 fully saturated rings. The summed E-state index contributed by atoms with van der Waals surface area (Å²) in [7, 11) is -3.64. The van der Waals surface area contributed by atoms with E-state index in [0.29, 0.717) is 37.7 Å². The molecule has 0 bridgehead atoms. The summed E-state index contributed by atoms with van der Waals surface area (Å²) in [6, 6.07) is 8.36. The van der Waals surface area contributed by atoms with Crippen LogP contribution < -0.4 is 4.74 Å². The summed E-state index contributed by atoms with van der Waals surface area (Å²) in [5, 5.41) is 1.56. The number of rotatable bonds is 6. The normalized spacial score (nSPS) is 13.7. The number of aromatic nitrogens is 2. The van der Waals surface area contributed by atoms with Gasteiger partial charge >= 0.3 is 7.60 Å². The molecule has 0 aliphatic heterocycles. The van der Waals surface area contributed by atoms with Crippen molar-refractivity contribution in [3.05, 3.63) is 45.4 Å². The molecule has 27 heavy (non-hydrogen) atoms. The third-order valence-electron chi connectivity index (χ3n) is 3.51. The number of thioether (sulfide) groups is 1. The molecular formula is C16H14Cl3N2O4PS. The minimum atomic E-state index is -3.64. The molecule has 0 amide bonds. The van der Waals surface area contributed by atoms with Crippen LogP contribution in [0.4, 0.5) is 0 Å². The van der Waals surface area contributed by atoms with Crippen LogP contribution in [0.5, 0.6) is 11.5 Å². The zero-order chi connectivity index (χ0) is 19.8. The highest BCUT2D eigenvalue weighted by molar-refractivity contribution is 7.98. The average molecular weight is 468 g/mol. The van der Waals surface area contributed by atoms with Gasteiger partial charge in [0.1, 0.15) is 23.3 Å². The van der Waals surface area contributed by atoms with Gasteiger partial charge in [-0.3, -0.25) is 13.7 Å². The van der Waals surface area contributed by atoms with Crippen molar-refractivity contribution in [1.82, 2.24) is 9.55 Å². The van der Waals surface area contributed by atoms with E-state index in [1.54, 1.807) is 34.9 Å². The van der Waals surface area contributed by atoms with Crippen molar-refractivity contribution in [2.45, 2.75) is 11.9 Å². The van der Waals surface area contributed by atoms with Gasteiger partial charge in [-0.2, -0.15) is 0 Å². The van der Waals surface area contributed by atoms with Crippen LogP contribution >= 0.6 is 54.2 Å². The third-order valence-corrected chi connectivity index (χ3v) is 5.88. The summed E-state index contributed by atoms with van der Waals surface area (Å²) in [5.74, 6) is 0.723. The van der Waals surface area contributed by atoms with Crippen molar-refractivity contribution in [2.24, 2.45) is 0 Å². The lowest BCUT2D eigenvalue weighted by atomic mass is 10.3. The van der Waals surface area contributed by atoms with Gasteiger partial charge in [-0.05, 0) is 24.5 Å². The van der Waals surface area contributed by atoms with Crippen molar-refractivity contribution in [2.75, 3.05) is 12.9 Å². The van der Waals surface area contributed by atoms with E-state index in [0.717, 1.165) is 6.66 Å². The molecule has 0 radical (unpaired) electrons. The van der Waals surface area contributed by atoms with E-state index < -0.39 is 7.60 Å². The minimum Gasteiger partial charge on any atom is -0.454 e. The molecule has 3 aromatic rings. The Bertz CT molecular complexity index is 1050. The van der Waals surface area contributed by atoms with Crippen LogP contribution in [0, 0.1) is 0 Å². The molecule has 0 saturated heterocycles. The van der Waals surface area contributed by atoms with Gasteiger partial charge in [0.05, 0.1) is 21.1 Å². The Morgan fingerprint density at radius 3 is 2.63 bits per heavy atom. The van der Waals surface area contributed by atoms with E-state index in [9.17, 15) is 9.46 Å². The molecule has 3 rings (SSSR count). The van der Waals surface area contributed by atoms with Gasteiger partial charge in [0.2, 0.25) is 0 Å². The Labute approximate surface area is 174 Å². The second-order valence-corrected chi connectivity index (χ2v) is 9.34. The summed E-state index contributed by atoms with van der Waals surface area (Å²) < 4.78 is 24.0. The molecule has 1 atom stereocenters. The molecule has 6 nitrogen and oxygen atoms in total. The molecular weight excluding hydrogens is 454 g/mol. The number of hydrogen-bond acceptors (Lipinski definition) is 5. The maximum absolute atomic E-state index is 11.5. The van der Waals surface area contributed by atoms with E-state index in [-0.39, 0.29) is 11.8 Å². The highest BCUT2D eigenvalue weighted by atomic mass is 35.5. The highest BCUT2D eigenvalue weighted by Crippen LogP contribution is 2.41. The Balaban J connectivity index is 2.02. The summed E-state index contributed by atoms with van der Waals surface area (Å²) in [6.07, 6.45) is 1.84. The van der Waals surface area contributed by atoms with E-state index in [1.807, 2.05) is 6.26 Å². The lowest BCUT2D eigenvalue weighted by Gasteiger charge is -2.12. The van der Waals surface area contributed by atoms with Crippen LogP contribution in [0.3, 0.4) is 0 Å². The quantitative estimate of drug-likeness (QED) is 0.339. The van der Waals surface area contributed by atoms with Crippen LogP contribution in [0.1, 0.15) is 0 Å². The second-order valence-electron chi connectivity index (χ2n) is 5.51. The molecule has 144 valence electrons. The molecule has 11 heteroatoms. The van der Waals surface area contributed by atoms with Crippen LogP contribution in [0.15, 0.2) is 35.5 Å². The van der Waals surface area contributed by atoms with Gasteiger partial charge in [-0.1, -0.05) is 52.6 Å². The number of benzene rings is 2. The number of hydrogen-bond donors (Lipinski definition) is 1. The lowest BCUT2D eigenvalue weighted by molar-refractivity contribution is 0.200. The van der Waals surface area contributed by atoms with Gasteiger partial charge in [-0.25, -0.2) is 4.98 Å². The molecule has 1 unspecified atom stereocenters. The fourth-order valence-electron chi connectivity index (χ4n) is 2.31. The minimum absolute atomic E-state index is 0.131. The largest absolute Gasteiger partial charge is 0.454 e. The van der Waals surface area contributed by atoms with Gasteiger partial charge in [-0.15, -0.1) is 0 Å². The maximum Gasteiger partial charge on any atom is 0.326 e. The van der Waals surface area contributed by atoms with Gasteiger partial charge in [0, 0.05) is 12.7 Å². The first-order valence-electron chi connectivity index (χ1n) is 7.50. The van der Waals surface area contributed by atoms with Crippen molar-refractivity contribution in [3.8, 4) is 11.5 Å². The zero-order valence-corrected chi connectivity index (χ0v) is 18.1.